The van der Waals surface area contributed by atoms with Crippen LogP contribution in [0.15, 0.2) is 24.3 Å². The van der Waals surface area contributed by atoms with E-state index in [1.807, 2.05) is 7.05 Å². The van der Waals surface area contributed by atoms with Gasteiger partial charge in [-0.2, -0.15) is 13.2 Å². The van der Waals surface area contributed by atoms with Gasteiger partial charge < -0.3 is 9.47 Å². The van der Waals surface area contributed by atoms with Gasteiger partial charge in [-0.05, 0) is 49.4 Å². The molecule has 0 amide bonds. The third kappa shape index (κ3) is 4.77. The fraction of sp³-hybridized carbons (Fsp3) is 0.652. The summed E-state index contributed by atoms with van der Waals surface area (Å²) in [7, 11) is 2.04. The van der Waals surface area contributed by atoms with E-state index >= 15 is 0 Å². The van der Waals surface area contributed by atoms with Gasteiger partial charge in [0.25, 0.3) is 0 Å². The van der Waals surface area contributed by atoms with Gasteiger partial charge >= 0.3 is 6.18 Å². The maximum absolute atomic E-state index is 12.8. The summed E-state index contributed by atoms with van der Waals surface area (Å²) in [6.45, 7) is 9.48. The number of rotatable bonds is 6. The maximum Gasteiger partial charge on any atom is 0.416 e. The SMILES string of the molecule is Cl.Cn1c(CCCCN2C[C@@H]3C[C@]3(c3ccc(C(F)(F)F)cc3)C2)nnc1C(C)(C)C. The first kappa shape index (κ1) is 24.1. The van der Waals surface area contributed by atoms with Crippen LogP contribution in [0.5, 0.6) is 0 Å². The minimum Gasteiger partial charge on any atom is -0.318 e. The number of halogens is 4. The summed E-state index contributed by atoms with van der Waals surface area (Å²) in [5.41, 5.74) is 0.573. The number of aromatic nitrogens is 3. The Morgan fingerprint density at radius 2 is 1.74 bits per heavy atom. The van der Waals surface area contributed by atoms with Gasteiger partial charge in [-0.3, -0.25) is 0 Å². The lowest BCUT2D eigenvalue weighted by Gasteiger charge is -2.21. The van der Waals surface area contributed by atoms with Crippen molar-refractivity contribution in [2.24, 2.45) is 13.0 Å². The normalized spacial score (nSPS) is 23.5. The second-order valence-corrected chi connectivity index (χ2v) is 10.1. The van der Waals surface area contributed by atoms with Crippen LogP contribution in [0.3, 0.4) is 0 Å². The number of fused-ring (bicyclic) bond motifs is 1. The number of hydrogen-bond donors (Lipinski definition) is 0. The number of benzene rings is 1. The van der Waals surface area contributed by atoms with Crippen LogP contribution in [-0.4, -0.2) is 39.3 Å². The van der Waals surface area contributed by atoms with E-state index in [4.69, 9.17) is 0 Å². The molecule has 2 heterocycles. The van der Waals surface area contributed by atoms with Gasteiger partial charge in [-0.1, -0.05) is 32.9 Å². The molecule has 2 fully saturated rings. The molecule has 2 aliphatic rings. The fourth-order valence-electron chi connectivity index (χ4n) is 5.05. The average molecular weight is 457 g/mol. The molecule has 4 rings (SSSR count). The van der Waals surface area contributed by atoms with E-state index in [2.05, 4.69) is 40.4 Å². The molecule has 1 saturated carbocycles. The molecule has 31 heavy (non-hydrogen) atoms. The summed E-state index contributed by atoms with van der Waals surface area (Å²) in [5, 5.41) is 8.72. The minimum absolute atomic E-state index is 0. The molecule has 172 valence electrons. The predicted molar refractivity (Wildman–Crippen MR) is 118 cm³/mol. The molecule has 0 N–H and O–H groups in total. The van der Waals surface area contributed by atoms with Crippen molar-refractivity contribution in [3.63, 3.8) is 0 Å². The van der Waals surface area contributed by atoms with E-state index in [9.17, 15) is 13.2 Å². The van der Waals surface area contributed by atoms with Gasteiger partial charge in [0.1, 0.15) is 11.6 Å². The zero-order valence-corrected chi connectivity index (χ0v) is 19.5. The number of unbranched alkanes of at least 4 members (excludes halogenated alkanes) is 1. The van der Waals surface area contributed by atoms with Gasteiger partial charge in [0, 0.05) is 37.4 Å². The largest absolute Gasteiger partial charge is 0.416 e. The zero-order valence-electron chi connectivity index (χ0n) is 18.7. The van der Waals surface area contributed by atoms with E-state index in [-0.39, 0.29) is 23.2 Å². The van der Waals surface area contributed by atoms with E-state index in [0.717, 1.165) is 62.5 Å². The topological polar surface area (TPSA) is 34.0 Å². The van der Waals surface area contributed by atoms with Gasteiger partial charge in [0.2, 0.25) is 0 Å². The summed E-state index contributed by atoms with van der Waals surface area (Å²) in [6, 6.07) is 5.84. The van der Waals surface area contributed by atoms with Crippen LogP contribution >= 0.6 is 12.4 Å². The first-order valence-electron chi connectivity index (χ1n) is 10.8. The van der Waals surface area contributed by atoms with Crippen molar-refractivity contribution in [1.82, 2.24) is 19.7 Å². The van der Waals surface area contributed by atoms with Crippen molar-refractivity contribution in [2.45, 2.75) is 63.5 Å². The first-order chi connectivity index (χ1) is 14.0. The molecule has 1 aliphatic heterocycles. The number of piperidine rings is 1. The highest BCUT2D eigenvalue weighted by molar-refractivity contribution is 5.85. The maximum atomic E-state index is 12.8. The van der Waals surface area contributed by atoms with E-state index < -0.39 is 11.7 Å². The molecule has 1 aromatic heterocycles. The Kier molecular flexibility index (Phi) is 6.51. The van der Waals surface area contributed by atoms with Crippen molar-refractivity contribution >= 4 is 12.4 Å². The van der Waals surface area contributed by atoms with Crippen molar-refractivity contribution in [3.05, 3.63) is 47.0 Å². The molecule has 1 aliphatic carbocycles. The Morgan fingerprint density at radius 1 is 1.06 bits per heavy atom. The highest BCUT2D eigenvalue weighted by atomic mass is 35.5. The molecular weight excluding hydrogens is 425 g/mol. The second kappa shape index (κ2) is 8.39. The standard InChI is InChI=1S/C23H31F3N4.ClH/c1-21(2,3)20-28-27-19(29(20)4)7-5-6-12-30-14-18-13-22(18,15-30)16-8-10-17(11-9-16)23(24,25)26;/h8-11,18H,5-7,12-15H2,1-4H3;1H/t18-,22+;/m0./s1. The Labute approximate surface area is 188 Å². The lowest BCUT2D eigenvalue weighted by molar-refractivity contribution is -0.137. The molecule has 0 spiro atoms. The summed E-state index contributed by atoms with van der Waals surface area (Å²) in [5.74, 6) is 2.63. The number of nitrogens with zero attached hydrogens (tertiary/aromatic N) is 4. The monoisotopic (exact) mass is 456 g/mol. The Bertz CT molecular complexity index is 901. The van der Waals surface area contributed by atoms with Crippen molar-refractivity contribution < 1.29 is 13.2 Å². The molecule has 0 unspecified atom stereocenters. The van der Waals surface area contributed by atoms with Crippen LogP contribution < -0.4 is 0 Å². The predicted octanol–water partition coefficient (Wildman–Crippen LogP) is 5.15. The fourth-order valence-corrected chi connectivity index (χ4v) is 5.05. The van der Waals surface area contributed by atoms with E-state index in [1.165, 1.54) is 12.1 Å². The number of hydrogen-bond acceptors (Lipinski definition) is 3. The number of alkyl halides is 3. The molecule has 0 bridgehead atoms. The van der Waals surface area contributed by atoms with Gasteiger partial charge in [0.05, 0.1) is 5.56 Å². The van der Waals surface area contributed by atoms with Gasteiger partial charge in [0.15, 0.2) is 0 Å². The number of aryl methyl sites for hydroxylation is 1. The molecule has 2 atom stereocenters. The van der Waals surface area contributed by atoms with Crippen LogP contribution in [0, 0.1) is 5.92 Å². The summed E-state index contributed by atoms with van der Waals surface area (Å²) >= 11 is 0. The summed E-state index contributed by atoms with van der Waals surface area (Å²) < 4.78 is 40.6. The Balaban J connectivity index is 0.00000272. The summed E-state index contributed by atoms with van der Waals surface area (Å²) in [6.07, 6.45) is -0.0976. The van der Waals surface area contributed by atoms with Crippen molar-refractivity contribution in [1.29, 1.82) is 0 Å². The molecule has 4 nitrogen and oxygen atoms in total. The Hall–Kier alpha value is -1.60. The number of likely N-dealkylation sites (tertiary alicyclic amines) is 1. The van der Waals surface area contributed by atoms with E-state index in [0.29, 0.717) is 5.92 Å². The van der Waals surface area contributed by atoms with Gasteiger partial charge in [-0.25, -0.2) is 0 Å². The Morgan fingerprint density at radius 3 is 2.32 bits per heavy atom. The smallest absolute Gasteiger partial charge is 0.318 e. The molecule has 1 saturated heterocycles. The van der Waals surface area contributed by atoms with Crippen molar-refractivity contribution in [2.75, 3.05) is 19.6 Å². The van der Waals surface area contributed by atoms with E-state index in [1.54, 1.807) is 12.1 Å². The third-order valence-corrected chi connectivity index (χ3v) is 6.76. The van der Waals surface area contributed by atoms with Crippen LogP contribution in [0.4, 0.5) is 13.2 Å². The molecule has 0 radical (unpaired) electrons. The average Bonchev–Trinajstić information content (AvgIpc) is 3.02. The highest BCUT2D eigenvalue weighted by Crippen LogP contribution is 2.59. The minimum atomic E-state index is -4.27. The first-order valence-corrected chi connectivity index (χ1v) is 10.8. The van der Waals surface area contributed by atoms with Gasteiger partial charge in [-0.15, -0.1) is 22.6 Å². The van der Waals surface area contributed by atoms with Crippen LogP contribution in [0.25, 0.3) is 0 Å². The molecular formula is C23H32ClF3N4. The van der Waals surface area contributed by atoms with Crippen LogP contribution in [0.1, 0.15) is 62.8 Å². The summed E-state index contributed by atoms with van der Waals surface area (Å²) in [4.78, 5) is 2.48. The zero-order chi connectivity index (χ0) is 21.7. The third-order valence-electron chi connectivity index (χ3n) is 6.76. The lowest BCUT2D eigenvalue weighted by atomic mass is 9.94. The molecule has 1 aromatic carbocycles. The quantitative estimate of drug-likeness (QED) is 0.564. The lowest BCUT2D eigenvalue weighted by Crippen LogP contribution is -2.27. The highest BCUT2D eigenvalue weighted by Gasteiger charge is 2.60. The second-order valence-electron chi connectivity index (χ2n) is 10.1. The van der Waals surface area contributed by atoms with Crippen molar-refractivity contribution in [3.8, 4) is 0 Å². The molecule has 8 heteroatoms. The van der Waals surface area contributed by atoms with Crippen LogP contribution in [0.2, 0.25) is 0 Å². The van der Waals surface area contributed by atoms with Crippen LogP contribution in [-0.2, 0) is 30.5 Å². The molecule has 2 aromatic rings.